The van der Waals surface area contributed by atoms with Crippen LogP contribution in [0.2, 0.25) is 0 Å². The smallest absolute Gasteiger partial charge is 0.314 e. The highest BCUT2D eigenvalue weighted by atomic mass is 32.1. The minimum Gasteiger partial charge on any atom is -0.378 e. The number of unbranched alkanes of at least 4 members (excludes halogenated alkanes) is 1. The van der Waals surface area contributed by atoms with Gasteiger partial charge in [-0.15, -0.1) is 11.3 Å². The van der Waals surface area contributed by atoms with Crippen molar-refractivity contribution < 1.29 is 13.9 Å². The summed E-state index contributed by atoms with van der Waals surface area (Å²) < 4.78 is 21.0. The van der Waals surface area contributed by atoms with E-state index in [-0.39, 0.29) is 11.8 Å². The summed E-state index contributed by atoms with van der Waals surface area (Å²) in [7, 11) is 0. The number of halogens is 1. The van der Waals surface area contributed by atoms with Crippen molar-refractivity contribution in [2.24, 2.45) is 4.99 Å². The zero-order valence-corrected chi connectivity index (χ0v) is 21.5. The Bertz CT molecular complexity index is 1170. The van der Waals surface area contributed by atoms with Gasteiger partial charge in [-0.1, -0.05) is 25.5 Å². The summed E-state index contributed by atoms with van der Waals surface area (Å²) in [5.74, 6) is -0.280. The van der Waals surface area contributed by atoms with Crippen LogP contribution in [0.5, 0.6) is 0 Å². The van der Waals surface area contributed by atoms with Gasteiger partial charge in [0.15, 0.2) is 4.80 Å². The maximum Gasteiger partial charge on any atom is 0.314 e. The molecule has 3 aromatic rings. The molecule has 7 nitrogen and oxygen atoms in total. The maximum atomic E-state index is 13.4. The lowest BCUT2D eigenvalue weighted by Gasteiger charge is -2.28. The standard InChI is InChI=1S/C27H34FN5O2S/c1-2-3-13-29-26(34)30-14-4-15-33-25(20-36-27(33)31-23-9-7-22(28)8-10-23)21-5-11-24(12-6-21)32-16-18-35-19-17-32/h5-12,20H,2-4,13-19H2,1H3,(H2,29,30,34)/b31-27+. The molecule has 0 spiro atoms. The number of nitrogens with one attached hydrogen (secondary N) is 2. The number of morpholine rings is 1. The van der Waals surface area contributed by atoms with E-state index in [0.717, 1.165) is 61.6 Å². The first-order valence-corrected chi connectivity index (χ1v) is 13.5. The third kappa shape index (κ3) is 7.18. The van der Waals surface area contributed by atoms with Crippen LogP contribution >= 0.6 is 11.3 Å². The van der Waals surface area contributed by atoms with Crippen molar-refractivity contribution in [3.8, 4) is 11.3 Å². The van der Waals surface area contributed by atoms with Crippen LogP contribution in [0.1, 0.15) is 26.2 Å². The Morgan fingerprint density at radius 3 is 2.42 bits per heavy atom. The lowest BCUT2D eigenvalue weighted by molar-refractivity contribution is 0.122. The highest BCUT2D eigenvalue weighted by Gasteiger charge is 2.13. The molecule has 1 fully saturated rings. The van der Waals surface area contributed by atoms with E-state index in [9.17, 15) is 9.18 Å². The zero-order valence-electron chi connectivity index (χ0n) is 20.7. The highest BCUT2D eigenvalue weighted by molar-refractivity contribution is 7.07. The monoisotopic (exact) mass is 511 g/mol. The van der Waals surface area contributed by atoms with Crippen molar-refractivity contribution in [1.29, 1.82) is 0 Å². The number of carbonyl (C=O) groups excluding carboxylic acids is 1. The van der Waals surface area contributed by atoms with Gasteiger partial charge in [-0.2, -0.15) is 0 Å². The van der Waals surface area contributed by atoms with Crippen molar-refractivity contribution >= 4 is 28.7 Å². The number of thiazole rings is 1. The molecule has 2 amide bonds. The molecule has 0 unspecified atom stereocenters. The third-order valence-corrected chi connectivity index (χ3v) is 6.91. The second-order valence-corrected chi connectivity index (χ2v) is 9.52. The Morgan fingerprint density at radius 2 is 1.72 bits per heavy atom. The van der Waals surface area contributed by atoms with Crippen molar-refractivity contribution in [3.63, 3.8) is 0 Å². The summed E-state index contributed by atoms with van der Waals surface area (Å²) in [6.07, 6.45) is 2.78. The Balaban J connectivity index is 1.51. The quantitative estimate of drug-likeness (QED) is 0.380. The zero-order chi connectivity index (χ0) is 25.2. The number of hydrogen-bond donors (Lipinski definition) is 2. The molecule has 9 heteroatoms. The molecule has 2 N–H and O–H groups in total. The van der Waals surface area contributed by atoms with Gasteiger partial charge < -0.3 is 24.8 Å². The van der Waals surface area contributed by atoms with Gasteiger partial charge in [-0.3, -0.25) is 0 Å². The van der Waals surface area contributed by atoms with Crippen molar-refractivity contribution in [3.05, 3.63) is 64.5 Å². The number of carbonyl (C=O) groups is 1. The number of amides is 2. The average Bonchev–Trinajstić information content (AvgIpc) is 3.31. The van der Waals surface area contributed by atoms with Gasteiger partial charge in [0, 0.05) is 43.8 Å². The summed E-state index contributed by atoms with van der Waals surface area (Å²) in [5, 5.41) is 7.92. The first-order chi connectivity index (χ1) is 17.6. The molecule has 2 aromatic carbocycles. The first kappa shape index (κ1) is 25.9. The Morgan fingerprint density at radius 1 is 1.03 bits per heavy atom. The maximum absolute atomic E-state index is 13.4. The average molecular weight is 512 g/mol. The van der Waals surface area contributed by atoms with Crippen molar-refractivity contribution in [2.75, 3.05) is 44.3 Å². The van der Waals surface area contributed by atoms with Crippen LogP contribution in [0, 0.1) is 5.82 Å². The van der Waals surface area contributed by atoms with Gasteiger partial charge in [0.05, 0.1) is 24.6 Å². The molecule has 0 aliphatic carbocycles. The van der Waals surface area contributed by atoms with Crippen molar-refractivity contribution in [1.82, 2.24) is 15.2 Å². The number of benzene rings is 2. The Labute approximate surface area is 215 Å². The minimum absolute atomic E-state index is 0.131. The van der Waals surface area contributed by atoms with Crippen LogP contribution in [0.4, 0.5) is 20.6 Å². The van der Waals surface area contributed by atoms with Crippen LogP contribution in [-0.4, -0.2) is 50.0 Å². The number of aromatic nitrogens is 1. The Hall–Kier alpha value is -3.17. The first-order valence-electron chi connectivity index (χ1n) is 12.6. The van der Waals surface area contributed by atoms with E-state index in [1.807, 2.05) is 0 Å². The molecule has 0 saturated carbocycles. The molecule has 1 aliphatic rings. The molecule has 4 rings (SSSR count). The van der Waals surface area contributed by atoms with E-state index in [1.165, 1.54) is 17.8 Å². The summed E-state index contributed by atoms with van der Waals surface area (Å²) >= 11 is 1.56. The topological polar surface area (TPSA) is 70.9 Å². The molecule has 1 aliphatic heterocycles. The SMILES string of the molecule is CCCCNC(=O)NCCCn1c(-c2ccc(N3CCOCC3)cc2)cs/c1=N/c1ccc(F)cc1. The fraction of sp³-hybridized carbons (Fsp3) is 0.407. The fourth-order valence-electron chi connectivity index (χ4n) is 4.04. The number of nitrogens with zero attached hydrogens (tertiary/aromatic N) is 3. The molecule has 0 atom stereocenters. The lowest BCUT2D eigenvalue weighted by Crippen LogP contribution is -2.37. The molecule has 36 heavy (non-hydrogen) atoms. The summed E-state index contributed by atoms with van der Waals surface area (Å²) in [4.78, 5) is 19.9. The van der Waals surface area contributed by atoms with E-state index in [0.29, 0.717) is 25.3 Å². The highest BCUT2D eigenvalue weighted by Crippen LogP contribution is 2.25. The number of hydrogen-bond acceptors (Lipinski definition) is 5. The summed E-state index contributed by atoms with van der Waals surface area (Å²) in [6, 6.07) is 14.7. The molecule has 0 radical (unpaired) electrons. The predicted octanol–water partition coefficient (Wildman–Crippen LogP) is 4.91. The van der Waals surface area contributed by atoms with Gasteiger partial charge in [0.2, 0.25) is 0 Å². The van der Waals surface area contributed by atoms with E-state index in [1.54, 1.807) is 23.5 Å². The van der Waals surface area contributed by atoms with Gasteiger partial charge in [0.1, 0.15) is 5.82 Å². The predicted molar refractivity (Wildman–Crippen MR) is 143 cm³/mol. The lowest BCUT2D eigenvalue weighted by atomic mass is 10.1. The number of urea groups is 1. The third-order valence-electron chi connectivity index (χ3n) is 6.05. The van der Waals surface area contributed by atoms with Crippen LogP contribution < -0.4 is 20.3 Å². The van der Waals surface area contributed by atoms with E-state index in [2.05, 4.69) is 56.7 Å². The second kappa shape index (κ2) is 13.2. The minimum atomic E-state index is -0.280. The second-order valence-electron chi connectivity index (χ2n) is 8.68. The van der Waals surface area contributed by atoms with Crippen LogP contribution in [0.15, 0.2) is 58.9 Å². The fourth-order valence-corrected chi connectivity index (χ4v) is 4.99. The van der Waals surface area contributed by atoms with Gasteiger partial charge in [0.25, 0.3) is 0 Å². The molecule has 192 valence electrons. The summed E-state index contributed by atoms with van der Waals surface area (Å²) in [5.41, 5.74) is 4.07. The van der Waals surface area contributed by atoms with E-state index in [4.69, 9.17) is 9.73 Å². The molecule has 2 heterocycles. The van der Waals surface area contributed by atoms with Crippen LogP contribution in [0.3, 0.4) is 0 Å². The molecule has 1 aromatic heterocycles. The molecule has 1 saturated heterocycles. The van der Waals surface area contributed by atoms with Gasteiger partial charge in [-0.05, 0) is 54.8 Å². The van der Waals surface area contributed by atoms with Gasteiger partial charge in [-0.25, -0.2) is 14.2 Å². The summed E-state index contributed by atoms with van der Waals surface area (Å²) in [6.45, 7) is 7.35. The number of anilines is 1. The van der Waals surface area contributed by atoms with Gasteiger partial charge >= 0.3 is 6.03 Å². The number of rotatable bonds is 10. The Kier molecular flexibility index (Phi) is 9.52. The molecular weight excluding hydrogens is 477 g/mol. The largest absolute Gasteiger partial charge is 0.378 e. The normalized spacial score (nSPS) is 14.2. The van der Waals surface area contributed by atoms with Crippen molar-refractivity contribution in [2.45, 2.75) is 32.7 Å². The van der Waals surface area contributed by atoms with Crippen LogP contribution in [-0.2, 0) is 11.3 Å². The van der Waals surface area contributed by atoms with E-state index < -0.39 is 0 Å². The van der Waals surface area contributed by atoms with Crippen LogP contribution in [0.25, 0.3) is 11.3 Å². The number of ether oxygens (including phenoxy) is 1. The van der Waals surface area contributed by atoms with E-state index >= 15 is 0 Å². The molecule has 0 bridgehead atoms. The molecular formula is C27H34FN5O2S.